The standard InChI is InChI=1S/C6H17O3PS.K.H/c1-4-11(5-2,6-3)9-10(7)8;;/h10H,4-6H2,1-3H3,(H,7,8);;. The molecule has 0 aromatic rings. The predicted octanol–water partition coefficient (Wildman–Crippen LogP) is 1.52. The Labute approximate surface area is 120 Å². The maximum atomic E-state index is 10.5. The van der Waals surface area contributed by atoms with Gasteiger partial charge in [-0.1, -0.05) is 20.8 Å². The van der Waals surface area contributed by atoms with Crippen molar-refractivity contribution >= 4 is 69.9 Å². The predicted molar refractivity (Wildman–Crippen MR) is 58.7 cm³/mol. The van der Waals surface area contributed by atoms with Crippen LogP contribution in [0.2, 0.25) is 0 Å². The quantitative estimate of drug-likeness (QED) is 0.585. The Hall–Kier alpha value is 2.14. The van der Waals surface area contributed by atoms with E-state index in [1.54, 1.807) is 0 Å². The SMILES string of the molecule is CCS(CC)(CC)O[PH](=O)O.[KH]. The minimum absolute atomic E-state index is 0. The number of hydrogen-bond donors (Lipinski definition) is 1. The van der Waals surface area contributed by atoms with Crippen molar-refractivity contribution in [2.75, 3.05) is 17.3 Å². The first-order valence-corrected chi connectivity index (χ1v) is 7.11. The molecule has 0 radical (unpaired) electrons. The minimum atomic E-state index is -2.74. The molecule has 0 spiro atoms. The first-order valence-electron chi connectivity index (χ1n) is 3.79. The van der Waals surface area contributed by atoms with Crippen molar-refractivity contribution in [3.8, 4) is 0 Å². The van der Waals surface area contributed by atoms with Gasteiger partial charge in [0.05, 0.1) is 0 Å². The molecule has 72 valence electrons. The average Bonchev–Trinajstić information content (AvgIpc) is 2.00. The summed E-state index contributed by atoms with van der Waals surface area (Å²) in [7, 11) is -3.97. The molecule has 0 saturated heterocycles. The molecular weight excluding hydrogens is 222 g/mol. The molecule has 1 N–H and O–H groups in total. The molecule has 3 nitrogen and oxygen atoms in total. The first-order chi connectivity index (χ1) is 5.10. The number of rotatable bonds is 5. The van der Waals surface area contributed by atoms with Gasteiger partial charge < -0.3 is 4.89 Å². The van der Waals surface area contributed by atoms with E-state index in [-0.39, 0.29) is 51.4 Å². The van der Waals surface area contributed by atoms with E-state index in [1.165, 1.54) is 0 Å². The van der Waals surface area contributed by atoms with E-state index in [0.29, 0.717) is 0 Å². The third-order valence-corrected chi connectivity index (χ3v) is 6.97. The Morgan fingerprint density at radius 3 is 1.67 bits per heavy atom. The van der Waals surface area contributed by atoms with Crippen molar-refractivity contribution in [2.45, 2.75) is 20.8 Å². The van der Waals surface area contributed by atoms with Crippen LogP contribution in [-0.2, 0) is 8.54 Å². The maximum absolute atomic E-state index is 10.5. The van der Waals surface area contributed by atoms with Gasteiger partial charge in [0.1, 0.15) is 0 Å². The van der Waals surface area contributed by atoms with E-state index < -0.39 is 18.6 Å². The molecule has 0 aliphatic rings. The Kier molecular flexibility index (Phi) is 11.7. The van der Waals surface area contributed by atoms with Crippen LogP contribution in [0.25, 0.3) is 0 Å². The van der Waals surface area contributed by atoms with Crippen molar-refractivity contribution in [3.05, 3.63) is 0 Å². The molecule has 0 aromatic carbocycles. The van der Waals surface area contributed by atoms with Gasteiger partial charge in [-0.2, -0.15) is 0 Å². The summed E-state index contributed by atoms with van der Waals surface area (Å²) in [5, 5.41) is 0. The van der Waals surface area contributed by atoms with Gasteiger partial charge in [0.2, 0.25) is 0 Å². The third kappa shape index (κ3) is 5.78. The molecule has 6 heteroatoms. The van der Waals surface area contributed by atoms with Crippen LogP contribution in [0.3, 0.4) is 0 Å². The molecule has 0 rings (SSSR count). The molecule has 0 bridgehead atoms. The average molecular weight is 240 g/mol. The Bertz CT molecular complexity index is 132. The van der Waals surface area contributed by atoms with Gasteiger partial charge in [0, 0.05) is 0 Å². The van der Waals surface area contributed by atoms with Gasteiger partial charge in [0.15, 0.2) is 0 Å². The Morgan fingerprint density at radius 2 is 1.58 bits per heavy atom. The van der Waals surface area contributed by atoms with E-state index in [4.69, 9.17) is 8.86 Å². The summed E-state index contributed by atoms with van der Waals surface area (Å²) in [5.74, 6) is 2.62. The fourth-order valence-electron chi connectivity index (χ4n) is 0.940. The van der Waals surface area contributed by atoms with Crippen molar-refractivity contribution in [3.63, 3.8) is 0 Å². The fraction of sp³-hybridized carbons (Fsp3) is 1.00. The normalized spacial score (nSPS) is 15.0. The van der Waals surface area contributed by atoms with Crippen molar-refractivity contribution in [1.29, 1.82) is 0 Å². The third-order valence-electron chi connectivity index (χ3n) is 1.83. The molecule has 0 aromatic heterocycles. The monoisotopic (exact) mass is 240 g/mol. The summed E-state index contributed by atoms with van der Waals surface area (Å²) >= 11 is 0. The summed E-state index contributed by atoms with van der Waals surface area (Å²) in [6.45, 7) is 6.02. The van der Waals surface area contributed by atoms with Crippen LogP contribution < -0.4 is 0 Å². The van der Waals surface area contributed by atoms with E-state index in [9.17, 15) is 4.57 Å². The summed E-state index contributed by atoms with van der Waals surface area (Å²) < 4.78 is 15.5. The molecular formula is C6H18KO3PS. The fourth-order valence-corrected chi connectivity index (χ4v) is 4.79. The van der Waals surface area contributed by atoms with E-state index in [1.807, 2.05) is 20.8 Å². The zero-order valence-electron chi connectivity index (χ0n) is 7.29. The van der Waals surface area contributed by atoms with Crippen LogP contribution in [0, 0.1) is 0 Å². The summed E-state index contributed by atoms with van der Waals surface area (Å²) in [6.07, 6.45) is 0. The molecule has 0 saturated carbocycles. The van der Waals surface area contributed by atoms with Crippen LogP contribution in [0.5, 0.6) is 0 Å². The summed E-state index contributed by atoms with van der Waals surface area (Å²) in [5.41, 5.74) is 0. The molecule has 12 heavy (non-hydrogen) atoms. The molecule has 0 fully saturated rings. The zero-order valence-corrected chi connectivity index (χ0v) is 9.11. The van der Waals surface area contributed by atoms with Gasteiger partial charge in [-0.05, 0) is 17.3 Å². The molecule has 0 aliphatic heterocycles. The van der Waals surface area contributed by atoms with Crippen LogP contribution in [0.4, 0.5) is 0 Å². The first kappa shape index (κ1) is 16.6. The van der Waals surface area contributed by atoms with Gasteiger partial charge in [-0.25, -0.2) is 0 Å². The topological polar surface area (TPSA) is 46.5 Å². The summed E-state index contributed by atoms with van der Waals surface area (Å²) in [4.78, 5) is 8.63. The van der Waals surface area contributed by atoms with Gasteiger partial charge in [-0.3, -0.25) is 8.54 Å². The molecule has 1 atom stereocenters. The zero-order chi connectivity index (χ0) is 8.91. The van der Waals surface area contributed by atoms with Crippen LogP contribution in [-0.4, -0.2) is 73.5 Å². The van der Waals surface area contributed by atoms with E-state index in [0.717, 1.165) is 17.3 Å². The van der Waals surface area contributed by atoms with E-state index in [2.05, 4.69) is 0 Å². The molecule has 0 amide bonds. The van der Waals surface area contributed by atoms with Crippen molar-refractivity contribution in [2.24, 2.45) is 0 Å². The van der Waals surface area contributed by atoms with Gasteiger partial charge in [-0.15, -0.1) is 10.3 Å². The second-order valence-corrected chi connectivity index (χ2v) is 7.04. The number of hydrogen-bond acceptors (Lipinski definition) is 2. The second kappa shape index (κ2) is 8.45. The molecule has 0 aliphatic carbocycles. The van der Waals surface area contributed by atoms with Gasteiger partial charge in [0.25, 0.3) is 0 Å². The molecule has 0 heterocycles. The van der Waals surface area contributed by atoms with Gasteiger partial charge >= 0.3 is 59.6 Å². The van der Waals surface area contributed by atoms with Crippen LogP contribution in [0.15, 0.2) is 0 Å². The Morgan fingerprint density at radius 1 is 1.25 bits per heavy atom. The van der Waals surface area contributed by atoms with Crippen LogP contribution >= 0.6 is 18.6 Å². The Balaban J connectivity index is 0. The van der Waals surface area contributed by atoms with Crippen LogP contribution in [0.1, 0.15) is 20.8 Å². The summed E-state index contributed by atoms with van der Waals surface area (Å²) in [6, 6.07) is 0. The second-order valence-electron chi connectivity index (χ2n) is 2.18. The van der Waals surface area contributed by atoms with E-state index >= 15 is 0 Å². The van der Waals surface area contributed by atoms with Crippen molar-refractivity contribution < 1.29 is 13.4 Å². The molecule has 1 unspecified atom stereocenters. The van der Waals surface area contributed by atoms with Crippen molar-refractivity contribution in [1.82, 2.24) is 0 Å².